The summed E-state index contributed by atoms with van der Waals surface area (Å²) >= 11 is 3.33. The quantitative estimate of drug-likeness (QED) is 0.631. The predicted octanol–water partition coefficient (Wildman–Crippen LogP) is 6.06. The summed E-state index contributed by atoms with van der Waals surface area (Å²) in [4.78, 5) is 4.22. The fourth-order valence-corrected chi connectivity index (χ4v) is 3.14. The van der Waals surface area contributed by atoms with E-state index in [1.165, 1.54) is 17.7 Å². The van der Waals surface area contributed by atoms with Crippen molar-refractivity contribution in [2.24, 2.45) is 0 Å². The van der Waals surface area contributed by atoms with Crippen LogP contribution in [-0.4, -0.2) is 4.98 Å². The fourth-order valence-electron chi connectivity index (χ4n) is 2.91. The molecular formula is C19H23BrFN. The van der Waals surface area contributed by atoms with Gasteiger partial charge in [-0.05, 0) is 76.9 Å². The molecule has 1 aromatic heterocycles. The second kappa shape index (κ2) is 8.42. The molecule has 3 rings (SSSR count). The van der Waals surface area contributed by atoms with Crippen LogP contribution in [0.4, 0.5) is 4.39 Å². The Balaban J connectivity index is 0.000000164. The number of benzene rings is 1. The van der Waals surface area contributed by atoms with E-state index < -0.39 is 0 Å². The van der Waals surface area contributed by atoms with E-state index in [1.54, 1.807) is 6.07 Å². The van der Waals surface area contributed by atoms with Gasteiger partial charge in [-0.15, -0.1) is 0 Å². The third kappa shape index (κ3) is 4.64. The number of aryl methyl sites for hydroxylation is 2. The van der Waals surface area contributed by atoms with Crippen LogP contribution in [-0.2, 0) is 12.8 Å². The van der Waals surface area contributed by atoms with Gasteiger partial charge in [0.1, 0.15) is 5.82 Å². The van der Waals surface area contributed by atoms with Crippen molar-refractivity contribution in [1.82, 2.24) is 4.98 Å². The Morgan fingerprint density at radius 2 is 2.09 bits per heavy atom. The normalized spacial score (nSPS) is 16.5. The first-order valence-electron chi connectivity index (χ1n) is 7.99. The molecule has 0 saturated heterocycles. The average molecular weight is 364 g/mol. The van der Waals surface area contributed by atoms with Crippen LogP contribution in [0.15, 0.2) is 41.0 Å². The van der Waals surface area contributed by atoms with Gasteiger partial charge >= 0.3 is 0 Å². The minimum Gasteiger partial charge on any atom is -0.260 e. The molecule has 1 aromatic carbocycles. The van der Waals surface area contributed by atoms with Crippen molar-refractivity contribution < 1.29 is 4.39 Å². The van der Waals surface area contributed by atoms with Crippen molar-refractivity contribution in [3.8, 4) is 0 Å². The zero-order chi connectivity index (χ0) is 15.9. The molecule has 0 amide bonds. The molecule has 0 N–H and O–H groups in total. The van der Waals surface area contributed by atoms with Crippen LogP contribution in [0.1, 0.15) is 55.8 Å². The van der Waals surface area contributed by atoms with Gasteiger partial charge < -0.3 is 0 Å². The van der Waals surface area contributed by atoms with Gasteiger partial charge in [-0.25, -0.2) is 4.39 Å². The first-order chi connectivity index (χ1) is 10.6. The SMILES string of the molecule is CC1CCCc2cccc(F)c21.CCCc1ccc(Br)cn1. The molecule has 0 aliphatic heterocycles. The topological polar surface area (TPSA) is 12.9 Å². The summed E-state index contributed by atoms with van der Waals surface area (Å²) in [5.74, 6) is 0.398. The summed E-state index contributed by atoms with van der Waals surface area (Å²) in [6, 6.07) is 9.51. The number of aromatic nitrogens is 1. The molecule has 1 aliphatic rings. The third-order valence-electron chi connectivity index (χ3n) is 4.01. The molecule has 22 heavy (non-hydrogen) atoms. The van der Waals surface area contributed by atoms with Gasteiger partial charge in [-0.2, -0.15) is 0 Å². The minimum atomic E-state index is -0.0142. The summed E-state index contributed by atoms with van der Waals surface area (Å²) in [5, 5.41) is 0. The molecule has 1 heterocycles. The summed E-state index contributed by atoms with van der Waals surface area (Å²) in [6.45, 7) is 4.27. The highest BCUT2D eigenvalue weighted by Crippen LogP contribution is 2.32. The molecule has 1 aliphatic carbocycles. The van der Waals surface area contributed by atoms with Gasteiger partial charge in [0.05, 0.1) is 0 Å². The average Bonchev–Trinajstić information content (AvgIpc) is 2.51. The zero-order valence-corrected chi connectivity index (χ0v) is 14.9. The lowest BCUT2D eigenvalue weighted by Crippen LogP contribution is -2.08. The van der Waals surface area contributed by atoms with Gasteiger partial charge in [0.25, 0.3) is 0 Å². The zero-order valence-electron chi connectivity index (χ0n) is 13.3. The van der Waals surface area contributed by atoms with Crippen molar-refractivity contribution in [1.29, 1.82) is 0 Å². The summed E-state index contributed by atoms with van der Waals surface area (Å²) < 4.78 is 14.4. The molecule has 3 heteroatoms. The molecule has 0 saturated carbocycles. The van der Waals surface area contributed by atoms with Gasteiger partial charge in [-0.1, -0.05) is 32.4 Å². The van der Waals surface area contributed by atoms with Crippen molar-refractivity contribution in [2.75, 3.05) is 0 Å². The molecule has 2 aromatic rings. The number of nitrogens with zero attached hydrogens (tertiary/aromatic N) is 1. The Morgan fingerprint density at radius 3 is 2.73 bits per heavy atom. The molecule has 1 nitrogen and oxygen atoms in total. The second-order valence-corrected chi connectivity index (χ2v) is 6.74. The van der Waals surface area contributed by atoms with Crippen LogP contribution in [0.3, 0.4) is 0 Å². The van der Waals surface area contributed by atoms with E-state index in [4.69, 9.17) is 0 Å². The van der Waals surface area contributed by atoms with E-state index in [2.05, 4.69) is 34.8 Å². The molecule has 0 fully saturated rings. The maximum atomic E-state index is 13.3. The number of rotatable bonds is 2. The molecular weight excluding hydrogens is 341 g/mol. The van der Waals surface area contributed by atoms with E-state index in [0.29, 0.717) is 5.92 Å². The van der Waals surface area contributed by atoms with Crippen LogP contribution in [0.2, 0.25) is 0 Å². The highest BCUT2D eigenvalue weighted by Gasteiger charge is 2.19. The van der Waals surface area contributed by atoms with Crippen molar-refractivity contribution in [2.45, 2.75) is 51.9 Å². The monoisotopic (exact) mass is 363 g/mol. The highest BCUT2D eigenvalue weighted by molar-refractivity contribution is 9.10. The molecule has 0 spiro atoms. The Hall–Kier alpha value is -1.22. The fraction of sp³-hybridized carbons (Fsp3) is 0.421. The van der Waals surface area contributed by atoms with E-state index in [-0.39, 0.29) is 5.82 Å². The first kappa shape index (κ1) is 17.1. The van der Waals surface area contributed by atoms with E-state index in [0.717, 1.165) is 35.7 Å². The molecule has 0 bridgehead atoms. The van der Waals surface area contributed by atoms with Crippen molar-refractivity contribution >= 4 is 15.9 Å². The summed E-state index contributed by atoms with van der Waals surface area (Å²) in [7, 11) is 0. The number of halogens is 2. The number of fused-ring (bicyclic) bond motifs is 1. The summed E-state index contributed by atoms with van der Waals surface area (Å²) in [6.07, 6.45) is 7.47. The van der Waals surface area contributed by atoms with Crippen molar-refractivity contribution in [3.05, 3.63) is 63.6 Å². The lowest BCUT2D eigenvalue weighted by atomic mass is 9.84. The number of hydrogen-bond donors (Lipinski definition) is 0. The van der Waals surface area contributed by atoms with Crippen LogP contribution < -0.4 is 0 Å². The second-order valence-electron chi connectivity index (χ2n) is 5.82. The maximum Gasteiger partial charge on any atom is 0.126 e. The number of hydrogen-bond acceptors (Lipinski definition) is 1. The Bertz CT molecular complexity index is 595. The largest absolute Gasteiger partial charge is 0.260 e. The molecule has 1 atom stereocenters. The van der Waals surface area contributed by atoms with Gasteiger partial charge in [0.2, 0.25) is 0 Å². The van der Waals surface area contributed by atoms with Gasteiger partial charge in [0.15, 0.2) is 0 Å². The first-order valence-corrected chi connectivity index (χ1v) is 8.78. The Kier molecular flexibility index (Phi) is 6.56. The Morgan fingerprint density at radius 1 is 1.27 bits per heavy atom. The predicted molar refractivity (Wildman–Crippen MR) is 93.7 cm³/mol. The lowest BCUT2D eigenvalue weighted by Gasteiger charge is -2.22. The minimum absolute atomic E-state index is 0.0142. The van der Waals surface area contributed by atoms with Crippen LogP contribution in [0, 0.1) is 5.82 Å². The molecule has 1 unspecified atom stereocenters. The van der Waals surface area contributed by atoms with Crippen molar-refractivity contribution in [3.63, 3.8) is 0 Å². The van der Waals surface area contributed by atoms with Crippen LogP contribution >= 0.6 is 15.9 Å². The maximum absolute atomic E-state index is 13.3. The third-order valence-corrected chi connectivity index (χ3v) is 4.48. The van der Waals surface area contributed by atoms with Crippen LogP contribution in [0.25, 0.3) is 0 Å². The van der Waals surface area contributed by atoms with E-state index in [1.807, 2.05) is 30.5 Å². The smallest absolute Gasteiger partial charge is 0.126 e. The van der Waals surface area contributed by atoms with Gasteiger partial charge in [-0.3, -0.25) is 4.98 Å². The van der Waals surface area contributed by atoms with Crippen LogP contribution in [0.5, 0.6) is 0 Å². The molecule has 0 radical (unpaired) electrons. The Labute approximate surface area is 141 Å². The lowest BCUT2D eigenvalue weighted by molar-refractivity contribution is 0.531. The highest BCUT2D eigenvalue weighted by atomic mass is 79.9. The summed E-state index contributed by atoms with van der Waals surface area (Å²) in [5.41, 5.74) is 3.35. The standard InChI is InChI=1S/C11H13F.C8H10BrN/c1-8-4-2-5-9-6-3-7-10(12)11(8)9;1-2-3-8-5-4-7(9)6-10-8/h3,6-8H,2,4-5H2,1H3;4-6H,2-3H2,1H3. The van der Waals surface area contributed by atoms with Gasteiger partial charge in [0, 0.05) is 16.4 Å². The molecule has 118 valence electrons. The number of pyridine rings is 1. The van der Waals surface area contributed by atoms with E-state index >= 15 is 0 Å². The van der Waals surface area contributed by atoms with E-state index in [9.17, 15) is 4.39 Å².